The van der Waals surface area contributed by atoms with Crippen molar-refractivity contribution in [3.8, 4) is 10.6 Å². The average Bonchev–Trinajstić information content (AvgIpc) is 3.34. The highest BCUT2D eigenvalue weighted by molar-refractivity contribution is 7.15. The van der Waals surface area contributed by atoms with E-state index in [1.54, 1.807) is 23.6 Å². The van der Waals surface area contributed by atoms with Gasteiger partial charge in [0.05, 0.1) is 16.8 Å². The predicted molar refractivity (Wildman–Crippen MR) is 105 cm³/mol. The van der Waals surface area contributed by atoms with Gasteiger partial charge in [-0.2, -0.15) is 10.2 Å². The summed E-state index contributed by atoms with van der Waals surface area (Å²) < 4.78 is 0. The van der Waals surface area contributed by atoms with Crippen molar-refractivity contribution in [3.63, 3.8) is 0 Å². The molecule has 1 aromatic carbocycles. The molecule has 0 saturated carbocycles. The Labute approximate surface area is 154 Å². The molecule has 26 heavy (non-hydrogen) atoms. The molecule has 0 saturated heterocycles. The molecule has 0 aliphatic carbocycles. The number of aromatic amines is 2. The smallest absolute Gasteiger partial charge is 0.291 e. The molecule has 0 fully saturated rings. The molecule has 0 bridgehead atoms. The number of carbonyl (C=O) groups is 1. The van der Waals surface area contributed by atoms with Crippen molar-refractivity contribution >= 4 is 34.4 Å². The summed E-state index contributed by atoms with van der Waals surface area (Å²) in [5.41, 5.74) is 6.66. The lowest BCUT2D eigenvalue weighted by atomic mass is 10.1. The molecule has 6 nitrogen and oxygen atoms in total. The molecule has 0 unspecified atom stereocenters. The Kier molecular flexibility index (Phi) is 4.14. The number of benzene rings is 1. The monoisotopic (exact) mass is 363 g/mol. The molecule has 130 valence electrons. The maximum Gasteiger partial charge on any atom is 0.291 e. The molecule has 3 heterocycles. The molecule has 0 aliphatic heterocycles. The van der Waals surface area contributed by atoms with Gasteiger partial charge in [-0.3, -0.25) is 9.89 Å². The maximum absolute atomic E-state index is 12.3. The number of fused-ring (bicyclic) bond motifs is 1. The van der Waals surface area contributed by atoms with Gasteiger partial charge in [-0.15, -0.1) is 11.3 Å². The van der Waals surface area contributed by atoms with Gasteiger partial charge in [0.1, 0.15) is 0 Å². The minimum atomic E-state index is -0.352. The van der Waals surface area contributed by atoms with Crippen molar-refractivity contribution in [1.29, 1.82) is 0 Å². The number of hydrazone groups is 1. The Morgan fingerprint density at radius 3 is 2.88 bits per heavy atom. The summed E-state index contributed by atoms with van der Waals surface area (Å²) in [5, 5.41) is 12.1. The van der Waals surface area contributed by atoms with Crippen molar-refractivity contribution in [3.05, 3.63) is 64.3 Å². The van der Waals surface area contributed by atoms with Crippen LogP contribution in [0, 0.1) is 13.8 Å². The van der Waals surface area contributed by atoms with Gasteiger partial charge in [0.15, 0.2) is 5.69 Å². The summed E-state index contributed by atoms with van der Waals surface area (Å²) in [6, 6.07) is 13.8. The molecule has 7 heteroatoms. The van der Waals surface area contributed by atoms with Gasteiger partial charge in [-0.25, -0.2) is 5.43 Å². The van der Waals surface area contributed by atoms with E-state index >= 15 is 0 Å². The number of nitrogens with zero attached hydrogens (tertiary/aromatic N) is 2. The normalized spacial score (nSPS) is 11.5. The van der Waals surface area contributed by atoms with E-state index in [1.807, 2.05) is 50.2 Å². The van der Waals surface area contributed by atoms with E-state index in [0.717, 1.165) is 32.7 Å². The molecule has 3 aromatic heterocycles. The number of para-hydroxylation sites is 1. The van der Waals surface area contributed by atoms with Crippen LogP contribution in [0.2, 0.25) is 0 Å². The Morgan fingerprint density at radius 1 is 1.23 bits per heavy atom. The molecule has 3 N–H and O–H groups in total. The van der Waals surface area contributed by atoms with Gasteiger partial charge in [0, 0.05) is 27.0 Å². The van der Waals surface area contributed by atoms with Crippen LogP contribution in [0.3, 0.4) is 0 Å². The molecule has 0 atom stereocenters. The summed E-state index contributed by atoms with van der Waals surface area (Å²) in [6.45, 7) is 4.02. The molecule has 4 rings (SSSR count). The summed E-state index contributed by atoms with van der Waals surface area (Å²) in [5.74, 6) is -0.352. The third-order valence-electron chi connectivity index (χ3n) is 4.12. The summed E-state index contributed by atoms with van der Waals surface area (Å²) in [7, 11) is 0. The zero-order valence-electron chi connectivity index (χ0n) is 14.3. The minimum absolute atomic E-state index is 0.304. The van der Waals surface area contributed by atoms with Crippen molar-refractivity contribution < 1.29 is 4.79 Å². The summed E-state index contributed by atoms with van der Waals surface area (Å²) >= 11 is 1.65. The van der Waals surface area contributed by atoms with E-state index in [1.165, 1.54) is 4.88 Å². The van der Waals surface area contributed by atoms with E-state index in [-0.39, 0.29) is 5.91 Å². The van der Waals surface area contributed by atoms with Gasteiger partial charge in [-0.1, -0.05) is 18.2 Å². The Bertz CT molecular complexity index is 1120. The number of hydrogen-bond donors (Lipinski definition) is 3. The van der Waals surface area contributed by atoms with Gasteiger partial charge < -0.3 is 4.98 Å². The average molecular weight is 363 g/mol. The number of thiophene rings is 1. The lowest BCUT2D eigenvalue weighted by molar-refractivity contribution is 0.0950. The van der Waals surface area contributed by atoms with Crippen LogP contribution in [-0.4, -0.2) is 27.3 Å². The number of H-pyrrole nitrogens is 2. The second kappa shape index (κ2) is 6.61. The zero-order chi connectivity index (χ0) is 18.1. The minimum Gasteiger partial charge on any atom is -0.358 e. The largest absolute Gasteiger partial charge is 0.358 e. The van der Waals surface area contributed by atoms with Crippen LogP contribution < -0.4 is 5.43 Å². The van der Waals surface area contributed by atoms with Crippen LogP contribution in [0.4, 0.5) is 0 Å². The Balaban J connectivity index is 1.49. The summed E-state index contributed by atoms with van der Waals surface area (Å²) in [6.07, 6.45) is 1.66. The number of amides is 1. The number of aryl methyl sites for hydroxylation is 2. The Morgan fingerprint density at radius 2 is 2.08 bits per heavy atom. The van der Waals surface area contributed by atoms with Gasteiger partial charge >= 0.3 is 0 Å². The number of aromatic nitrogens is 3. The third kappa shape index (κ3) is 3.04. The van der Waals surface area contributed by atoms with E-state index in [4.69, 9.17) is 0 Å². The SMILES string of the molecule is Cc1ccc(-c2cc(C(=O)N/N=C\c3c(C)[nH]c4ccccc34)n[nH]2)s1. The van der Waals surface area contributed by atoms with Crippen molar-refractivity contribution in [2.24, 2.45) is 5.10 Å². The maximum atomic E-state index is 12.3. The van der Waals surface area contributed by atoms with Crippen molar-refractivity contribution in [2.45, 2.75) is 13.8 Å². The van der Waals surface area contributed by atoms with Gasteiger partial charge in [0.25, 0.3) is 5.91 Å². The van der Waals surface area contributed by atoms with Gasteiger partial charge in [0.2, 0.25) is 0 Å². The molecule has 4 aromatic rings. The molecule has 0 radical (unpaired) electrons. The van der Waals surface area contributed by atoms with Crippen LogP contribution in [0.15, 0.2) is 47.6 Å². The third-order valence-corrected chi connectivity index (χ3v) is 5.15. The topological polar surface area (TPSA) is 85.9 Å². The second-order valence-corrected chi connectivity index (χ2v) is 7.27. The van der Waals surface area contributed by atoms with Gasteiger partial charge in [-0.05, 0) is 38.1 Å². The first kappa shape index (κ1) is 16.3. The number of rotatable bonds is 4. The lowest BCUT2D eigenvalue weighted by Crippen LogP contribution is -2.18. The predicted octanol–water partition coefficient (Wildman–Crippen LogP) is 4.00. The lowest BCUT2D eigenvalue weighted by Gasteiger charge is -1.96. The molecule has 0 spiro atoms. The van der Waals surface area contributed by atoms with E-state index < -0.39 is 0 Å². The highest BCUT2D eigenvalue weighted by Crippen LogP contribution is 2.26. The first-order valence-electron chi connectivity index (χ1n) is 8.15. The van der Waals surface area contributed by atoms with Crippen LogP contribution in [0.1, 0.15) is 26.6 Å². The number of hydrogen-bond acceptors (Lipinski definition) is 4. The molecule has 0 aliphatic rings. The second-order valence-electron chi connectivity index (χ2n) is 5.99. The summed E-state index contributed by atoms with van der Waals surface area (Å²) in [4.78, 5) is 17.8. The van der Waals surface area contributed by atoms with E-state index in [0.29, 0.717) is 5.69 Å². The van der Waals surface area contributed by atoms with Crippen LogP contribution in [0.5, 0.6) is 0 Å². The van der Waals surface area contributed by atoms with E-state index in [9.17, 15) is 4.79 Å². The van der Waals surface area contributed by atoms with Crippen molar-refractivity contribution in [1.82, 2.24) is 20.6 Å². The molecule has 1 amide bonds. The fourth-order valence-corrected chi connectivity index (χ4v) is 3.65. The standard InChI is InChI=1S/C19H17N5OS/c1-11-7-8-18(26-11)16-9-17(23-22-16)19(25)24-20-10-14-12(2)21-15-6-4-3-5-13(14)15/h3-10,21H,1-2H3,(H,22,23)(H,24,25)/b20-10-. The highest BCUT2D eigenvalue weighted by Gasteiger charge is 2.12. The molecular formula is C19H17N5OS. The number of carbonyl (C=O) groups excluding carboxylic acids is 1. The van der Waals surface area contributed by atoms with E-state index in [2.05, 4.69) is 25.7 Å². The fraction of sp³-hybridized carbons (Fsp3) is 0.105. The zero-order valence-corrected chi connectivity index (χ0v) is 15.1. The number of nitrogens with one attached hydrogen (secondary N) is 3. The van der Waals surface area contributed by atoms with Crippen LogP contribution >= 0.6 is 11.3 Å². The quantitative estimate of drug-likeness (QED) is 0.378. The molecular weight excluding hydrogens is 346 g/mol. The fourth-order valence-electron chi connectivity index (χ4n) is 2.82. The highest BCUT2D eigenvalue weighted by atomic mass is 32.1. The Hall–Kier alpha value is -3.19. The van der Waals surface area contributed by atoms with Crippen molar-refractivity contribution in [2.75, 3.05) is 0 Å². The first-order valence-corrected chi connectivity index (χ1v) is 8.96. The van der Waals surface area contributed by atoms with Crippen LogP contribution in [-0.2, 0) is 0 Å². The first-order chi connectivity index (χ1) is 12.6. The van der Waals surface area contributed by atoms with Crippen LogP contribution in [0.25, 0.3) is 21.5 Å².